The van der Waals surface area contributed by atoms with Gasteiger partial charge in [0.1, 0.15) is 16.4 Å². The summed E-state index contributed by atoms with van der Waals surface area (Å²) in [5.74, 6) is -1.04. The lowest BCUT2D eigenvalue weighted by atomic mass is 10.0. The van der Waals surface area contributed by atoms with Gasteiger partial charge in [0, 0.05) is 24.7 Å². The highest BCUT2D eigenvalue weighted by Crippen LogP contribution is 2.35. The van der Waals surface area contributed by atoms with Crippen molar-refractivity contribution in [3.05, 3.63) is 52.6 Å². The second-order valence-corrected chi connectivity index (χ2v) is 9.51. The molecular weight excluding hydrogens is 463 g/mol. The molecule has 0 saturated carbocycles. The van der Waals surface area contributed by atoms with Gasteiger partial charge in [0.25, 0.3) is 0 Å². The topological polar surface area (TPSA) is 127 Å². The second-order valence-electron chi connectivity index (χ2n) is 7.57. The fourth-order valence-corrected chi connectivity index (χ4v) is 4.70. The highest BCUT2D eigenvalue weighted by molar-refractivity contribution is 7.89. The number of amides is 1. The Bertz CT molecular complexity index is 1330. The molecule has 1 fully saturated rings. The zero-order valence-corrected chi connectivity index (χ0v) is 18.5. The number of fused-ring (bicyclic) bond motifs is 1. The van der Waals surface area contributed by atoms with Gasteiger partial charge in [-0.25, -0.2) is 27.7 Å². The second kappa shape index (κ2) is 8.32. The van der Waals surface area contributed by atoms with Crippen molar-refractivity contribution in [3.8, 4) is 11.3 Å². The number of morpholine rings is 1. The molecule has 12 heteroatoms. The number of nitrogens with two attached hydrogens (primary N) is 1. The van der Waals surface area contributed by atoms with Crippen molar-refractivity contribution in [3.63, 3.8) is 0 Å². The minimum absolute atomic E-state index is 0.0338. The van der Waals surface area contributed by atoms with Gasteiger partial charge in [-0.05, 0) is 36.8 Å². The number of aryl methyl sites for hydroxylation is 1. The van der Waals surface area contributed by atoms with E-state index < -0.39 is 32.9 Å². The first-order valence-corrected chi connectivity index (χ1v) is 11.6. The van der Waals surface area contributed by atoms with Crippen LogP contribution in [0.5, 0.6) is 0 Å². The Balaban J connectivity index is 1.84. The Morgan fingerprint density at radius 3 is 2.84 bits per heavy atom. The molecule has 1 atom stereocenters. The first-order valence-electron chi connectivity index (χ1n) is 9.64. The number of benzene rings is 1. The highest BCUT2D eigenvalue weighted by Gasteiger charge is 2.28. The molecule has 1 saturated heterocycles. The van der Waals surface area contributed by atoms with Crippen LogP contribution < -0.4 is 5.14 Å². The number of primary sulfonamides is 1. The number of aromatic nitrogens is 2. The van der Waals surface area contributed by atoms with Gasteiger partial charge < -0.3 is 19.1 Å². The molecule has 9 nitrogen and oxygen atoms in total. The maximum atomic E-state index is 14.6. The Hall–Kier alpha value is -2.73. The van der Waals surface area contributed by atoms with Crippen LogP contribution in [0.4, 0.5) is 9.18 Å². The van der Waals surface area contributed by atoms with Crippen LogP contribution in [0.25, 0.3) is 16.9 Å². The minimum atomic E-state index is -4.30. The Kier molecular flexibility index (Phi) is 5.84. The van der Waals surface area contributed by atoms with Crippen molar-refractivity contribution < 1.29 is 27.4 Å². The van der Waals surface area contributed by atoms with Gasteiger partial charge in [0.05, 0.1) is 35.7 Å². The largest absolute Gasteiger partial charge is 0.465 e. The predicted octanol–water partition coefficient (Wildman–Crippen LogP) is 2.67. The van der Waals surface area contributed by atoms with E-state index >= 15 is 0 Å². The zero-order chi connectivity index (χ0) is 23.2. The summed E-state index contributed by atoms with van der Waals surface area (Å²) in [5, 5.41) is 14.3. The van der Waals surface area contributed by atoms with Gasteiger partial charge in [0.2, 0.25) is 10.0 Å². The summed E-state index contributed by atoms with van der Waals surface area (Å²) in [5.41, 5.74) is 2.69. The van der Waals surface area contributed by atoms with Crippen LogP contribution in [0.3, 0.4) is 0 Å². The number of pyridine rings is 1. The van der Waals surface area contributed by atoms with E-state index in [1.165, 1.54) is 4.90 Å². The summed E-state index contributed by atoms with van der Waals surface area (Å²) in [6.45, 7) is 2.59. The van der Waals surface area contributed by atoms with Crippen molar-refractivity contribution in [2.45, 2.75) is 24.3 Å². The maximum absolute atomic E-state index is 14.6. The third-order valence-electron chi connectivity index (χ3n) is 5.29. The maximum Gasteiger partial charge on any atom is 0.407 e. The predicted molar refractivity (Wildman–Crippen MR) is 115 cm³/mol. The average Bonchev–Trinajstić information content (AvgIpc) is 3.05. The van der Waals surface area contributed by atoms with Crippen LogP contribution in [0.2, 0.25) is 5.02 Å². The molecule has 0 unspecified atom stereocenters. The summed E-state index contributed by atoms with van der Waals surface area (Å²) in [4.78, 5) is 16.5. The SMILES string of the molecule is Cc1ccn2c(C[C@H]3CN(C(=O)O)CCO3)c(-c3cc(F)c(S(N)(=O)=O)cc3Cl)nc2c1. The Labute approximate surface area is 188 Å². The molecule has 170 valence electrons. The van der Waals surface area contributed by atoms with Crippen LogP contribution in [-0.2, 0) is 21.2 Å². The molecule has 3 heterocycles. The van der Waals surface area contributed by atoms with E-state index in [-0.39, 0.29) is 36.7 Å². The molecule has 32 heavy (non-hydrogen) atoms. The van der Waals surface area contributed by atoms with Crippen molar-refractivity contribution in [1.82, 2.24) is 14.3 Å². The molecule has 1 amide bonds. The normalized spacial score (nSPS) is 17.1. The van der Waals surface area contributed by atoms with Gasteiger partial charge in [-0.3, -0.25) is 0 Å². The molecule has 1 aromatic carbocycles. The van der Waals surface area contributed by atoms with Crippen molar-refractivity contribution in [2.24, 2.45) is 5.14 Å². The fraction of sp³-hybridized carbons (Fsp3) is 0.300. The van der Waals surface area contributed by atoms with Crippen LogP contribution in [0.15, 0.2) is 35.4 Å². The monoisotopic (exact) mass is 482 g/mol. The van der Waals surface area contributed by atoms with E-state index in [0.717, 1.165) is 17.7 Å². The third-order valence-corrected chi connectivity index (χ3v) is 6.53. The number of rotatable bonds is 4. The molecule has 0 spiro atoms. The van der Waals surface area contributed by atoms with Gasteiger partial charge in [-0.2, -0.15) is 0 Å². The molecule has 0 radical (unpaired) electrons. The molecule has 1 aliphatic rings. The minimum Gasteiger partial charge on any atom is -0.465 e. The smallest absolute Gasteiger partial charge is 0.407 e. The summed E-state index contributed by atoms with van der Waals surface area (Å²) >= 11 is 6.33. The molecular formula is C20H20ClFN4O5S. The number of ether oxygens (including phenoxy) is 1. The molecule has 4 rings (SSSR count). The molecule has 3 aromatic rings. The quantitative estimate of drug-likeness (QED) is 0.588. The summed E-state index contributed by atoms with van der Waals surface area (Å²) in [7, 11) is -4.30. The summed E-state index contributed by atoms with van der Waals surface area (Å²) in [6, 6.07) is 5.66. The Morgan fingerprint density at radius 1 is 1.41 bits per heavy atom. The Morgan fingerprint density at radius 2 is 2.16 bits per heavy atom. The number of carbonyl (C=O) groups is 1. The lowest BCUT2D eigenvalue weighted by Crippen LogP contribution is -2.45. The number of hydrogen-bond acceptors (Lipinski definition) is 5. The highest BCUT2D eigenvalue weighted by atomic mass is 35.5. The molecule has 1 aliphatic heterocycles. The summed E-state index contributed by atoms with van der Waals surface area (Å²) in [6.07, 6.45) is 0.596. The lowest BCUT2D eigenvalue weighted by Gasteiger charge is -2.31. The number of imidazole rings is 1. The average molecular weight is 483 g/mol. The van der Waals surface area contributed by atoms with E-state index in [9.17, 15) is 22.7 Å². The van der Waals surface area contributed by atoms with Crippen molar-refractivity contribution >= 4 is 33.4 Å². The van der Waals surface area contributed by atoms with Crippen LogP contribution in [0, 0.1) is 12.7 Å². The van der Waals surface area contributed by atoms with E-state index in [1.807, 2.05) is 19.1 Å². The van der Waals surface area contributed by atoms with Gasteiger partial charge >= 0.3 is 6.09 Å². The van der Waals surface area contributed by atoms with E-state index in [4.69, 9.17) is 21.5 Å². The number of carboxylic acid groups (broad SMARTS) is 1. The van der Waals surface area contributed by atoms with E-state index in [2.05, 4.69) is 4.98 Å². The lowest BCUT2D eigenvalue weighted by molar-refractivity contribution is -0.0214. The van der Waals surface area contributed by atoms with Crippen LogP contribution >= 0.6 is 11.6 Å². The molecule has 3 N–H and O–H groups in total. The third kappa shape index (κ3) is 4.29. The van der Waals surface area contributed by atoms with Crippen molar-refractivity contribution in [1.29, 1.82) is 0 Å². The first-order chi connectivity index (χ1) is 15.0. The molecule has 0 bridgehead atoms. The number of hydrogen-bond donors (Lipinski definition) is 2. The van der Waals surface area contributed by atoms with Gasteiger partial charge in [0.15, 0.2) is 0 Å². The van der Waals surface area contributed by atoms with E-state index in [1.54, 1.807) is 10.6 Å². The van der Waals surface area contributed by atoms with Gasteiger partial charge in [-0.15, -0.1) is 0 Å². The number of halogens is 2. The number of nitrogens with zero attached hydrogens (tertiary/aromatic N) is 3. The van der Waals surface area contributed by atoms with E-state index in [0.29, 0.717) is 17.0 Å². The van der Waals surface area contributed by atoms with Crippen LogP contribution in [-0.4, -0.2) is 59.7 Å². The van der Waals surface area contributed by atoms with Crippen molar-refractivity contribution in [2.75, 3.05) is 19.7 Å². The number of sulfonamides is 1. The first kappa shape index (κ1) is 22.5. The van der Waals surface area contributed by atoms with Gasteiger partial charge in [-0.1, -0.05) is 11.6 Å². The standard InChI is InChI=1S/C20H20ClFN4O5S/c1-11-2-3-26-16(7-12-10-25(20(27)28)4-5-31-12)19(24-18(26)6-11)13-8-15(22)17(9-14(13)21)32(23,29)30/h2-3,6,8-9,12H,4-5,7,10H2,1H3,(H,27,28)(H2,23,29,30)/t12-/m0/s1. The fourth-order valence-electron chi connectivity index (χ4n) is 3.77. The molecule has 0 aliphatic carbocycles. The molecule has 2 aromatic heterocycles. The zero-order valence-electron chi connectivity index (χ0n) is 17.0. The van der Waals surface area contributed by atoms with Crippen LogP contribution in [0.1, 0.15) is 11.3 Å². The summed E-state index contributed by atoms with van der Waals surface area (Å²) < 4.78 is 45.5.